The number of fused-ring (bicyclic) bond motifs is 1. The molecule has 0 N–H and O–H groups in total. The fourth-order valence-corrected chi connectivity index (χ4v) is 4.86. The standard InChI is InChI=1S/C21H22Si/c1-22(2,17-19-8-4-3-5-9-19)15-14-18-12-13-20-10-6-7-11-21(20)16-18/h3-16H,17H2,1-2H3/b15-14+. The van der Waals surface area contributed by atoms with E-state index >= 15 is 0 Å². The van der Waals surface area contributed by atoms with E-state index in [2.05, 4.69) is 97.7 Å². The minimum absolute atomic E-state index is 1.19. The Labute approximate surface area is 134 Å². The number of benzene rings is 3. The summed E-state index contributed by atoms with van der Waals surface area (Å²) >= 11 is 0. The molecule has 0 spiro atoms. The van der Waals surface area contributed by atoms with E-state index in [0.717, 1.165) is 0 Å². The zero-order valence-corrected chi connectivity index (χ0v) is 14.3. The van der Waals surface area contributed by atoms with E-state index in [-0.39, 0.29) is 0 Å². The Morgan fingerprint density at radius 2 is 1.45 bits per heavy atom. The molecule has 0 radical (unpaired) electrons. The minimum Gasteiger partial charge on any atom is -0.0938 e. The van der Waals surface area contributed by atoms with Crippen LogP contribution in [0.1, 0.15) is 11.1 Å². The molecule has 3 aromatic carbocycles. The smallest absolute Gasteiger partial charge is 0.0760 e. The first kappa shape index (κ1) is 14.8. The average Bonchev–Trinajstić information content (AvgIpc) is 2.53. The molecule has 0 aromatic heterocycles. The molecule has 0 saturated carbocycles. The van der Waals surface area contributed by atoms with Crippen molar-refractivity contribution in [2.24, 2.45) is 0 Å². The molecule has 0 bridgehead atoms. The van der Waals surface area contributed by atoms with Crippen LogP contribution in [0.2, 0.25) is 13.1 Å². The van der Waals surface area contributed by atoms with E-state index in [1.165, 1.54) is 27.9 Å². The van der Waals surface area contributed by atoms with Crippen molar-refractivity contribution in [2.45, 2.75) is 19.1 Å². The Hall–Kier alpha value is -2.12. The number of hydrogen-bond acceptors (Lipinski definition) is 0. The summed E-state index contributed by atoms with van der Waals surface area (Å²) < 4.78 is 0. The summed E-state index contributed by atoms with van der Waals surface area (Å²) in [6.07, 6.45) is 2.31. The third-order valence-electron chi connectivity index (χ3n) is 4.00. The number of hydrogen-bond donors (Lipinski definition) is 0. The van der Waals surface area contributed by atoms with Crippen LogP contribution in [0.5, 0.6) is 0 Å². The van der Waals surface area contributed by atoms with Crippen LogP contribution in [0.4, 0.5) is 0 Å². The summed E-state index contributed by atoms with van der Waals surface area (Å²) in [5, 5.41) is 2.62. The van der Waals surface area contributed by atoms with Crippen LogP contribution in [0.25, 0.3) is 16.8 Å². The van der Waals surface area contributed by atoms with Crippen molar-refractivity contribution >= 4 is 24.9 Å². The third-order valence-corrected chi connectivity index (χ3v) is 6.39. The maximum absolute atomic E-state index is 2.46. The Bertz CT molecular complexity index is 785. The van der Waals surface area contributed by atoms with Gasteiger partial charge >= 0.3 is 0 Å². The lowest BCUT2D eigenvalue weighted by Crippen LogP contribution is -2.26. The van der Waals surface area contributed by atoms with Crippen LogP contribution >= 0.6 is 0 Å². The zero-order valence-electron chi connectivity index (χ0n) is 13.3. The van der Waals surface area contributed by atoms with Gasteiger partial charge in [-0.2, -0.15) is 0 Å². The highest BCUT2D eigenvalue weighted by Crippen LogP contribution is 2.19. The second-order valence-electron chi connectivity index (χ2n) is 6.59. The Morgan fingerprint density at radius 3 is 2.23 bits per heavy atom. The van der Waals surface area contributed by atoms with Gasteiger partial charge in [0.1, 0.15) is 0 Å². The summed E-state index contributed by atoms with van der Waals surface area (Å²) in [5.41, 5.74) is 5.21. The van der Waals surface area contributed by atoms with Gasteiger partial charge in [0.15, 0.2) is 0 Å². The van der Waals surface area contributed by atoms with Crippen LogP contribution < -0.4 is 0 Å². The van der Waals surface area contributed by atoms with Crippen LogP contribution in [0, 0.1) is 0 Å². The molecule has 110 valence electrons. The van der Waals surface area contributed by atoms with Crippen LogP contribution in [0.3, 0.4) is 0 Å². The van der Waals surface area contributed by atoms with E-state index in [1.54, 1.807) is 0 Å². The molecule has 0 aliphatic carbocycles. The van der Waals surface area contributed by atoms with E-state index in [9.17, 15) is 0 Å². The van der Waals surface area contributed by atoms with Crippen LogP contribution in [0.15, 0.2) is 78.5 Å². The molecule has 0 saturated heterocycles. The Morgan fingerprint density at radius 1 is 0.773 bits per heavy atom. The lowest BCUT2D eigenvalue weighted by atomic mass is 10.1. The maximum Gasteiger partial charge on any atom is 0.0760 e. The predicted molar refractivity (Wildman–Crippen MR) is 101 cm³/mol. The molecule has 3 rings (SSSR count). The summed E-state index contributed by atoms with van der Waals surface area (Å²) in [6, 6.07) is 27.2. The summed E-state index contributed by atoms with van der Waals surface area (Å²) in [4.78, 5) is 0. The molecule has 0 heterocycles. The molecule has 1 heteroatoms. The van der Waals surface area contributed by atoms with Gasteiger partial charge in [0.2, 0.25) is 0 Å². The fourth-order valence-electron chi connectivity index (χ4n) is 2.81. The molecule has 0 amide bonds. The molecular weight excluding hydrogens is 280 g/mol. The van der Waals surface area contributed by atoms with Crippen molar-refractivity contribution in [3.05, 3.63) is 89.6 Å². The van der Waals surface area contributed by atoms with Gasteiger partial charge in [-0.25, -0.2) is 0 Å². The molecule has 3 aromatic rings. The first-order valence-corrected chi connectivity index (χ1v) is 11.1. The van der Waals surface area contributed by atoms with Crippen molar-refractivity contribution in [3.8, 4) is 0 Å². The second-order valence-corrected chi connectivity index (χ2v) is 11.3. The van der Waals surface area contributed by atoms with Crippen molar-refractivity contribution in [1.29, 1.82) is 0 Å². The monoisotopic (exact) mass is 302 g/mol. The molecular formula is C21H22Si. The lowest BCUT2D eigenvalue weighted by Gasteiger charge is -2.17. The molecule has 0 atom stereocenters. The molecule has 0 unspecified atom stereocenters. The first-order valence-electron chi connectivity index (χ1n) is 7.84. The topological polar surface area (TPSA) is 0 Å². The largest absolute Gasteiger partial charge is 0.0938 e. The molecule has 0 aliphatic heterocycles. The van der Waals surface area contributed by atoms with Gasteiger partial charge in [-0.1, -0.05) is 97.2 Å². The summed E-state index contributed by atoms with van der Waals surface area (Å²) in [6.45, 7) is 4.86. The van der Waals surface area contributed by atoms with Crippen LogP contribution in [-0.4, -0.2) is 8.07 Å². The van der Waals surface area contributed by atoms with E-state index < -0.39 is 8.07 Å². The second kappa shape index (κ2) is 6.33. The predicted octanol–water partition coefficient (Wildman–Crippen LogP) is 5.88. The maximum atomic E-state index is 2.46. The van der Waals surface area contributed by atoms with Crippen molar-refractivity contribution in [2.75, 3.05) is 0 Å². The lowest BCUT2D eigenvalue weighted by molar-refractivity contribution is 1.33. The van der Waals surface area contributed by atoms with Crippen molar-refractivity contribution < 1.29 is 0 Å². The molecule has 22 heavy (non-hydrogen) atoms. The van der Waals surface area contributed by atoms with Gasteiger partial charge in [-0.3, -0.25) is 0 Å². The fraction of sp³-hybridized carbons (Fsp3) is 0.143. The highest BCUT2D eigenvalue weighted by Gasteiger charge is 2.17. The van der Waals surface area contributed by atoms with Gasteiger partial charge in [0.25, 0.3) is 0 Å². The first-order chi connectivity index (χ1) is 10.6. The Kier molecular flexibility index (Phi) is 4.26. The SMILES string of the molecule is C[Si](C)(/C=C/c1ccc2ccccc2c1)Cc1ccccc1. The van der Waals surface area contributed by atoms with Crippen LogP contribution in [-0.2, 0) is 6.04 Å². The minimum atomic E-state index is -1.37. The highest BCUT2D eigenvalue weighted by atomic mass is 28.3. The normalized spacial score (nSPS) is 12.1. The van der Waals surface area contributed by atoms with Crippen molar-refractivity contribution in [1.82, 2.24) is 0 Å². The highest BCUT2D eigenvalue weighted by molar-refractivity contribution is 6.82. The van der Waals surface area contributed by atoms with Gasteiger partial charge in [0.05, 0.1) is 8.07 Å². The van der Waals surface area contributed by atoms with E-state index in [0.29, 0.717) is 0 Å². The zero-order chi connectivity index (χ0) is 15.4. The van der Waals surface area contributed by atoms with Crippen molar-refractivity contribution in [3.63, 3.8) is 0 Å². The average molecular weight is 302 g/mol. The Balaban J connectivity index is 1.79. The van der Waals surface area contributed by atoms with Gasteiger partial charge in [0, 0.05) is 0 Å². The number of rotatable bonds is 4. The molecule has 0 aliphatic rings. The summed E-state index contributed by atoms with van der Waals surface area (Å²) in [5.74, 6) is 0. The van der Waals surface area contributed by atoms with Gasteiger partial charge in [-0.05, 0) is 28.4 Å². The quantitative estimate of drug-likeness (QED) is 0.528. The molecule has 0 fully saturated rings. The molecule has 0 nitrogen and oxygen atoms in total. The van der Waals surface area contributed by atoms with E-state index in [4.69, 9.17) is 0 Å². The van der Waals surface area contributed by atoms with Gasteiger partial charge in [-0.15, -0.1) is 0 Å². The third kappa shape index (κ3) is 3.74. The van der Waals surface area contributed by atoms with E-state index in [1.807, 2.05) is 0 Å². The van der Waals surface area contributed by atoms with Gasteiger partial charge < -0.3 is 0 Å². The summed E-state index contributed by atoms with van der Waals surface area (Å²) in [7, 11) is -1.37.